The zero-order chi connectivity index (χ0) is 12.1. The van der Waals surface area contributed by atoms with Crippen molar-refractivity contribution in [3.05, 3.63) is 0 Å². The third-order valence-corrected chi connectivity index (χ3v) is 3.47. The second-order valence-electron chi connectivity index (χ2n) is 4.32. The predicted octanol–water partition coefficient (Wildman–Crippen LogP) is -0.570. The molecule has 1 aliphatic rings. The van der Waals surface area contributed by atoms with E-state index in [9.17, 15) is 5.11 Å². The number of aliphatic hydroxyl groups excluding tert-OH is 1. The third-order valence-electron chi connectivity index (χ3n) is 3.47. The van der Waals surface area contributed by atoms with Gasteiger partial charge in [0.15, 0.2) is 0 Å². The van der Waals surface area contributed by atoms with E-state index in [0.29, 0.717) is 0 Å². The molecule has 1 saturated heterocycles. The van der Waals surface area contributed by atoms with Crippen LogP contribution in [0.4, 0.5) is 0 Å². The molecule has 5 heteroatoms. The standard InChI is InChI=1S/C11H24N2O3/c1-4-8(12)9(7-14)13-5-10(15-2)11(6-13)16-3/h8-11,14H,4-7,12H2,1-3H3. The van der Waals surface area contributed by atoms with Gasteiger partial charge in [-0.05, 0) is 6.42 Å². The molecule has 1 heterocycles. The van der Waals surface area contributed by atoms with Crippen LogP contribution < -0.4 is 5.73 Å². The molecule has 4 unspecified atom stereocenters. The van der Waals surface area contributed by atoms with Gasteiger partial charge in [-0.2, -0.15) is 0 Å². The molecule has 3 N–H and O–H groups in total. The van der Waals surface area contributed by atoms with Gasteiger partial charge >= 0.3 is 0 Å². The van der Waals surface area contributed by atoms with Crippen LogP contribution >= 0.6 is 0 Å². The van der Waals surface area contributed by atoms with E-state index >= 15 is 0 Å². The zero-order valence-electron chi connectivity index (χ0n) is 10.4. The van der Waals surface area contributed by atoms with Crippen molar-refractivity contribution in [1.29, 1.82) is 0 Å². The fraction of sp³-hybridized carbons (Fsp3) is 1.00. The van der Waals surface area contributed by atoms with Gasteiger partial charge in [0.25, 0.3) is 0 Å². The molecular weight excluding hydrogens is 208 g/mol. The summed E-state index contributed by atoms with van der Waals surface area (Å²) >= 11 is 0. The third kappa shape index (κ3) is 2.93. The SMILES string of the molecule is CCC(N)C(CO)N1CC(OC)C(OC)C1. The highest BCUT2D eigenvalue weighted by Gasteiger charge is 2.37. The van der Waals surface area contributed by atoms with Crippen molar-refractivity contribution >= 4 is 0 Å². The van der Waals surface area contributed by atoms with Crippen LogP contribution in [0.3, 0.4) is 0 Å². The Hall–Kier alpha value is -0.200. The van der Waals surface area contributed by atoms with Crippen molar-refractivity contribution in [2.24, 2.45) is 5.73 Å². The number of rotatable bonds is 6. The van der Waals surface area contributed by atoms with Crippen molar-refractivity contribution in [3.63, 3.8) is 0 Å². The van der Waals surface area contributed by atoms with Gasteiger partial charge in [0.2, 0.25) is 0 Å². The lowest BCUT2D eigenvalue weighted by Crippen LogP contribution is -2.49. The summed E-state index contributed by atoms with van der Waals surface area (Å²) in [5, 5.41) is 9.40. The molecule has 0 aromatic heterocycles. The average Bonchev–Trinajstić information content (AvgIpc) is 2.72. The van der Waals surface area contributed by atoms with Crippen molar-refractivity contribution in [3.8, 4) is 0 Å². The maximum atomic E-state index is 9.40. The van der Waals surface area contributed by atoms with Crippen molar-refractivity contribution < 1.29 is 14.6 Å². The predicted molar refractivity (Wildman–Crippen MR) is 62.3 cm³/mol. The highest BCUT2D eigenvalue weighted by atomic mass is 16.5. The highest BCUT2D eigenvalue weighted by molar-refractivity contribution is 4.92. The van der Waals surface area contributed by atoms with E-state index < -0.39 is 0 Å². The molecule has 4 atom stereocenters. The Balaban J connectivity index is 2.60. The molecule has 96 valence electrons. The normalized spacial score (nSPS) is 30.6. The fourth-order valence-corrected chi connectivity index (χ4v) is 2.29. The number of nitrogens with zero attached hydrogens (tertiary/aromatic N) is 1. The minimum Gasteiger partial charge on any atom is -0.395 e. The maximum absolute atomic E-state index is 9.40. The van der Waals surface area contributed by atoms with Crippen LogP contribution in [0, 0.1) is 0 Å². The number of ether oxygens (including phenoxy) is 2. The van der Waals surface area contributed by atoms with Crippen LogP contribution in [0.2, 0.25) is 0 Å². The first-order chi connectivity index (χ1) is 7.67. The summed E-state index contributed by atoms with van der Waals surface area (Å²) in [6, 6.07) is 0.000845. The zero-order valence-corrected chi connectivity index (χ0v) is 10.4. The fourth-order valence-electron chi connectivity index (χ4n) is 2.29. The molecule has 1 rings (SSSR count). The van der Waals surface area contributed by atoms with Gasteiger partial charge in [-0.25, -0.2) is 0 Å². The lowest BCUT2D eigenvalue weighted by atomic mass is 10.1. The molecule has 0 aromatic carbocycles. The molecule has 5 nitrogen and oxygen atoms in total. The Kier molecular flexibility index (Phi) is 5.64. The molecule has 1 fully saturated rings. The molecular formula is C11H24N2O3. The molecule has 0 aromatic rings. The Morgan fingerprint density at radius 3 is 2.12 bits per heavy atom. The molecule has 0 radical (unpaired) electrons. The van der Waals surface area contributed by atoms with Gasteiger partial charge in [0.1, 0.15) is 0 Å². The van der Waals surface area contributed by atoms with Crippen molar-refractivity contribution in [2.45, 2.75) is 37.6 Å². The molecule has 1 aliphatic heterocycles. The number of nitrogens with two attached hydrogens (primary N) is 1. The number of hydrogen-bond acceptors (Lipinski definition) is 5. The van der Waals surface area contributed by atoms with Gasteiger partial charge in [-0.1, -0.05) is 6.92 Å². The summed E-state index contributed by atoms with van der Waals surface area (Å²) in [6.45, 7) is 3.66. The first kappa shape index (κ1) is 13.9. The van der Waals surface area contributed by atoms with Crippen LogP contribution in [0.15, 0.2) is 0 Å². The Bertz CT molecular complexity index is 192. The molecule has 0 saturated carbocycles. The topological polar surface area (TPSA) is 68.0 Å². The summed E-state index contributed by atoms with van der Waals surface area (Å²) in [7, 11) is 3.38. The number of likely N-dealkylation sites (tertiary alicyclic amines) is 1. The summed E-state index contributed by atoms with van der Waals surface area (Å²) in [6.07, 6.45) is 1.00. The lowest BCUT2D eigenvalue weighted by molar-refractivity contribution is -0.00461. The summed E-state index contributed by atoms with van der Waals surface area (Å²) < 4.78 is 10.7. The number of methoxy groups -OCH3 is 2. The van der Waals surface area contributed by atoms with Crippen LogP contribution in [0.5, 0.6) is 0 Å². The van der Waals surface area contributed by atoms with E-state index in [1.807, 2.05) is 6.92 Å². The van der Waals surface area contributed by atoms with E-state index in [4.69, 9.17) is 15.2 Å². The van der Waals surface area contributed by atoms with Gasteiger partial charge in [-0.15, -0.1) is 0 Å². The summed E-state index contributed by atoms with van der Waals surface area (Å²) in [5.74, 6) is 0. The monoisotopic (exact) mass is 232 g/mol. The molecule has 16 heavy (non-hydrogen) atoms. The van der Waals surface area contributed by atoms with Gasteiger partial charge in [0.05, 0.1) is 18.8 Å². The van der Waals surface area contributed by atoms with E-state index in [-0.39, 0.29) is 30.9 Å². The average molecular weight is 232 g/mol. The minimum atomic E-state index is -0.00175. The Morgan fingerprint density at radius 2 is 1.81 bits per heavy atom. The largest absolute Gasteiger partial charge is 0.395 e. The first-order valence-corrected chi connectivity index (χ1v) is 5.83. The molecule has 0 aliphatic carbocycles. The van der Waals surface area contributed by atoms with Gasteiger partial charge in [-0.3, -0.25) is 4.90 Å². The smallest absolute Gasteiger partial charge is 0.0971 e. The molecule has 0 spiro atoms. The number of hydrogen-bond donors (Lipinski definition) is 2. The minimum absolute atomic E-state index is 0.00175. The second kappa shape index (κ2) is 6.51. The Morgan fingerprint density at radius 1 is 1.31 bits per heavy atom. The molecule has 0 amide bonds. The molecule has 0 bridgehead atoms. The maximum Gasteiger partial charge on any atom is 0.0971 e. The summed E-state index contributed by atoms with van der Waals surface area (Å²) in [5.41, 5.74) is 6.00. The van der Waals surface area contributed by atoms with Crippen LogP contribution in [-0.2, 0) is 9.47 Å². The van der Waals surface area contributed by atoms with E-state index in [0.717, 1.165) is 19.5 Å². The van der Waals surface area contributed by atoms with Crippen LogP contribution in [0.25, 0.3) is 0 Å². The number of aliphatic hydroxyl groups is 1. The van der Waals surface area contributed by atoms with Gasteiger partial charge < -0.3 is 20.3 Å². The van der Waals surface area contributed by atoms with Crippen LogP contribution in [0.1, 0.15) is 13.3 Å². The Labute approximate surface area is 97.5 Å². The van der Waals surface area contributed by atoms with Crippen molar-refractivity contribution in [1.82, 2.24) is 4.90 Å². The van der Waals surface area contributed by atoms with Gasteiger partial charge in [0, 0.05) is 39.4 Å². The van der Waals surface area contributed by atoms with E-state index in [1.54, 1.807) is 14.2 Å². The van der Waals surface area contributed by atoms with E-state index in [2.05, 4.69) is 4.90 Å². The first-order valence-electron chi connectivity index (χ1n) is 5.83. The van der Waals surface area contributed by atoms with E-state index in [1.165, 1.54) is 0 Å². The second-order valence-corrected chi connectivity index (χ2v) is 4.32. The summed E-state index contributed by atoms with van der Waals surface area (Å²) in [4.78, 5) is 2.16. The lowest BCUT2D eigenvalue weighted by Gasteiger charge is -2.30. The van der Waals surface area contributed by atoms with Crippen molar-refractivity contribution in [2.75, 3.05) is 33.9 Å². The highest BCUT2D eigenvalue weighted by Crippen LogP contribution is 2.19. The van der Waals surface area contributed by atoms with Crippen LogP contribution in [-0.4, -0.2) is 68.2 Å². The quantitative estimate of drug-likeness (QED) is 0.642.